The molecule has 1 heterocycles. The lowest BCUT2D eigenvalue weighted by Crippen LogP contribution is -2.37. The van der Waals surface area contributed by atoms with Gasteiger partial charge in [-0.1, -0.05) is 0 Å². The van der Waals surface area contributed by atoms with Crippen LogP contribution in [0.1, 0.15) is 18.2 Å². The predicted octanol–water partition coefficient (Wildman–Crippen LogP) is 1.70. The van der Waals surface area contributed by atoms with E-state index in [4.69, 9.17) is 14.2 Å². The second-order valence-corrected chi connectivity index (χ2v) is 5.51. The summed E-state index contributed by atoms with van der Waals surface area (Å²) in [6, 6.07) is 5.61. The van der Waals surface area contributed by atoms with Gasteiger partial charge in [0.15, 0.2) is 5.96 Å². The summed E-state index contributed by atoms with van der Waals surface area (Å²) in [4.78, 5) is 4.65. The molecule has 2 aromatic rings. The van der Waals surface area contributed by atoms with Crippen molar-refractivity contribution in [3.63, 3.8) is 0 Å². The molecule has 0 atom stereocenters. The summed E-state index contributed by atoms with van der Waals surface area (Å²) in [6.07, 6.45) is 1.77. The Labute approximate surface area is 154 Å². The lowest BCUT2D eigenvalue weighted by atomic mass is 10.1. The fourth-order valence-corrected chi connectivity index (χ4v) is 2.48. The van der Waals surface area contributed by atoms with Gasteiger partial charge in [0, 0.05) is 31.9 Å². The summed E-state index contributed by atoms with van der Waals surface area (Å²) < 4.78 is 18.1. The van der Waals surface area contributed by atoms with Gasteiger partial charge in [-0.25, -0.2) is 4.99 Å². The number of aryl methyl sites for hydroxylation is 1. The van der Waals surface area contributed by atoms with Crippen LogP contribution in [-0.4, -0.2) is 43.6 Å². The minimum atomic E-state index is 0.400. The van der Waals surface area contributed by atoms with Crippen molar-refractivity contribution >= 4 is 5.96 Å². The van der Waals surface area contributed by atoms with Gasteiger partial charge in [0.2, 0.25) is 0 Å². The van der Waals surface area contributed by atoms with E-state index in [1.165, 1.54) is 0 Å². The van der Waals surface area contributed by atoms with E-state index in [0.717, 1.165) is 17.8 Å². The highest BCUT2D eigenvalue weighted by atomic mass is 16.5. The summed E-state index contributed by atoms with van der Waals surface area (Å²) >= 11 is 0. The van der Waals surface area contributed by atoms with Crippen LogP contribution in [0.2, 0.25) is 0 Å². The molecule has 0 spiro atoms. The molecule has 0 aliphatic heterocycles. The molecule has 0 aliphatic rings. The van der Waals surface area contributed by atoms with Crippen molar-refractivity contribution in [1.29, 1.82) is 0 Å². The van der Waals surface area contributed by atoms with E-state index in [-0.39, 0.29) is 0 Å². The SMILES string of the molecule is CCNC(=NCc1c(OC)cc(OC)cc1OC)NCc1ccnn1C. The molecule has 1 aromatic heterocycles. The number of nitrogens with zero attached hydrogens (tertiary/aromatic N) is 3. The van der Waals surface area contributed by atoms with Crippen molar-refractivity contribution < 1.29 is 14.2 Å². The van der Waals surface area contributed by atoms with Crippen molar-refractivity contribution in [3.05, 3.63) is 35.7 Å². The standard InChI is InChI=1S/C18H27N5O3/c1-6-19-18(20-11-13-7-8-22-23(13)2)21-12-15-16(25-4)9-14(24-3)10-17(15)26-5/h7-10H,6,11-12H2,1-5H3,(H2,19,20,21). The molecule has 142 valence electrons. The second-order valence-electron chi connectivity index (χ2n) is 5.51. The van der Waals surface area contributed by atoms with Crippen molar-refractivity contribution in [1.82, 2.24) is 20.4 Å². The largest absolute Gasteiger partial charge is 0.496 e. The first-order valence-corrected chi connectivity index (χ1v) is 8.40. The Balaban J connectivity index is 2.19. The Kier molecular flexibility index (Phi) is 7.13. The number of ether oxygens (including phenoxy) is 3. The van der Waals surface area contributed by atoms with E-state index in [2.05, 4.69) is 20.7 Å². The topological polar surface area (TPSA) is 81.9 Å². The Morgan fingerprint density at radius 2 is 1.81 bits per heavy atom. The van der Waals surface area contributed by atoms with Gasteiger partial charge in [0.25, 0.3) is 0 Å². The van der Waals surface area contributed by atoms with Crippen LogP contribution < -0.4 is 24.8 Å². The molecular formula is C18H27N5O3. The summed E-state index contributed by atoms with van der Waals surface area (Å²) in [6.45, 7) is 3.81. The monoisotopic (exact) mass is 361 g/mol. The first kappa shape index (κ1) is 19.4. The fourth-order valence-electron chi connectivity index (χ4n) is 2.48. The molecule has 2 N–H and O–H groups in total. The third-order valence-electron chi connectivity index (χ3n) is 3.92. The van der Waals surface area contributed by atoms with Crippen LogP contribution in [0.25, 0.3) is 0 Å². The number of benzene rings is 1. The summed E-state index contributed by atoms with van der Waals surface area (Å²) in [5.41, 5.74) is 1.92. The van der Waals surface area contributed by atoms with Crippen LogP contribution >= 0.6 is 0 Å². The Morgan fingerprint density at radius 3 is 2.31 bits per heavy atom. The molecule has 2 rings (SSSR count). The zero-order valence-corrected chi connectivity index (χ0v) is 16.0. The number of methoxy groups -OCH3 is 3. The minimum absolute atomic E-state index is 0.400. The maximum atomic E-state index is 5.48. The first-order valence-electron chi connectivity index (χ1n) is 8.40. The third kappa shape index (κ3) is 4.81. The Morgan fingerprint density at radius 1 is 1.12 bits per heavy atom. The van der Waals surface area contributed by atoms with Gasteiger partial charge in [-0.15, -0.1) is 0 Å². The third-order valence-corrected chi connectivity index (χ3v) is 3.92. The van der Waals surface area contributed by atoms with E-state index >= 15 is 0 Å². The second kappa shape index (κ2) is 9.55. The molecule has 0 amide bonds. The average molecular weight is 361 g/mol. The smallest absolute Gasteiger partial charge is 0.191 e. The molecule has 0 radical (unpaired) electrons. The van der Waals surface area contributed by atoms with Crippen molar-refractivity contribution in [2.75, 3.05) is 27.9 Å². The van der Waals surface area contributed by atoms with Gasteiger partial charge in [-0.05, 0) is 13.0 Å². The number of rotatable bonds is 8. The molecule has 0 fully saturated rings. The molecule has 8 nitrogen and oxygen atoms in total. The number of hydrogen-bond acceptors (Lipinski definition) is 5. The summed E-state index contributed by atoms with van der Waals surface area (Å²) in [5.74, 6) is 2.72. The van der Waals surface area contributed by atoms with Gasteiger partial charge in [0.1, 0.15) is 17.2 Å². The maximum Gasteiger partial charge on any atom is 0.191 e. The van der Waals surface area contributed by atoms with Crippen molar-refractivity contribution in [3.8, 4) is 17.2 Å². The zero-order valence-electron chi connectivity index (χ0n) is 16.0. The number of aliphatic imine (C=N–C) groups is 1. The number of aromatic nitrogens is 2. The van der Waals surface area contributed by atoms with E-state index in [0.29, 0.717) is 36.3 Å². The van der Waals surface area contributed by atoms with Gasteiger partial charge in [-0.2, -0.15) is 5.10 Å². The maximum absolute atomic E-state index is 5.48. The molecule has 1 aromatic carbocycles. The summed E-state index contributed by atoms with van der Waals surface area (Å²) in [5, 5.41) is 10.7. The molecule has 0 aliphatic carbocycles. The number of guanidine groups is 1. The van der Waals surface area contributed by atoms with Crippen LogP contribution in [-0.2, 0) is 20.1 Å². The van der Waals surface area contributed by atoms with E-state index in [1.807, 2.05) is 36.9 Å². The zero-order chi connectivity index (χ0) is 18.9. The molecule has 0 bridgehead atoms. The van der Waals surface area contributed by atoms with Crippen LogP contribution in [0.4, 0.5) is 0 Å². The number of nitrogens with one attached hydrogen (secondary N) is 2. The highest BCUT2D eigenvalue weighted by molar-refractivity contribution is 5.79. The van der Waals surface area contributed by atoms with Gasteiger partial charge >= 0.3 is 0 Å². The minimum Gasteiger partial charge on any atom is -0.496 e. The van der Waals surface area contributed by atoms with Crippen LogP contribution in [0.3, 0.4) is 0 Å². The summed E-state index contributed by atoms with van der Waals surface area (Å²) in [7, 11) is 6.76. The van der Waals surface area contributed by atoms with Gasteiger partial charge < -0.3 is 24.8 Å². The van der Waals surface area contributed by atoms with E-state index < -0.39 is 0 Å². The molecule has 8 heteroatoms. The lowest BCUT2D eigenvalue weighted by molar-refractivity contribution is 0.369. The quantitative estimate of drug-likeness (QED) is 0.550. The first-order chi connectivity index (χ1) is 12.6. The van der Waals surface area contributed by atoms with Crippen molar-refractivity contribution in [2.24, 2.45) is 12.0 Å². The van der Waals surface area contributed by atoms with Gasteiger partial charge in [0.05, 0.1) is 45.7 Å². The molecule has 26 heavy (non-hydrogen) atoms. The molecule has 0 saturated heterocycles. The molecule has 0 unspecified atom stereocenters. The van der Waals surface area contributed by atoms with Gasteiger partial charge in [-0.3, -0.25) is 4.68 Å². The Bertz CT molecular complexity index is 717. The Hall–Kier alpha value is -2.90. The van der Waals surface area contributed by atoms with E-state index in [9.17, 15) is 0 Å². The highest BCUT2D eigenvalue weighted by Gasteiger charge is 2.13. The normalized spacial score (nSPS) is 11.2. The fraction of sp³-hybridized carbons (Fsp3) is 0.444. The van der Waals surface area contributed by atoms with Crippen LogP contribution in [0.5, 0.6) is 17.2 Å². The predicted molar refractivity (Wildman–Crippen MR) is 101 cm³/mol. The molecule has 0 saturated carbocycles. The molecular weight excluding hydrogens is 334 g/mol. The van der Waals surface area contributed by atoms with E-state index in [1.54, 1.807) is 27.5 Å². The highest BCUT2D eigenvalue weighted by Crippen LogP contribution is 2.34. The number of hydrogen-bond donors (Lipinski definition) is 2. The van der Waals surface area contributed by atoms with Crippen LogP contribution in [0, 0.1) is 0 Å². The average Bonchev–Trinajstić information content (AvgIpc) is 3.08. The lowest BCUT2D eigenvalue weighted by Gasteiger charge is -2.15. The van der Waals surface area contributed by atoms with Crippen LogP contribution in [0.15, 0.2) is 29.4 Å². The van der Waals surface area contributed by atoms with Crippen molar-refractivity contribution in [2.45, 2.75) is 20.0 Å².